The first-order chi connectivity index (χ1) is 6.77. The van der Waals surface area contributed by atoms with E-state index in [-0.39, 0.29) is 0 Å². The molecule has 0 N–H and O–H groups in total. The minimum absolute atomic E-state index is 0.424. The third kappa shape index (κ3) is 1.53. The Hall–Kier alpha value is -2.01. The Balaban J connectivity index is 2.37. The van der Waals surface area contributed by atoms with Crippen LogP contribution in [0, 0.1) is 10.1 Å². The van der Waals surface area contributed by atoms with Gasteiger partial charge in [-0.15, -0.1) is 0 Å². The fourth-order valence-corrected chi connectivity index (χ4v) is 1.12. The van der Waals surface area contributed by atoms with Crippen molar-refractivity contribution in [1.82, 2.24) is 5.06 Å². The second kappa shape index (κ2) is 3.39. The quantitative estimate of drug-likeness (QED) is 0.541. The molecular weight excluding hydrogens is 182 g/mol. The maximum atomic E-state index is 11.3. The highest BCUT2D eigenvalue weighted by atomic mass is 16.5. The molecule has 2 heterocycles. The molecule has 2 aliphatic heterocycles. The minimum atomic E-state index is 0.424. The van der Waals surface area contributed by atoms with Gasteiger partial charge in [0.25, 0.3) is 0 Å². The van der Waals surface area contributed by atoms with E-state index in [2.05, 4.69) is 4.99 Å². The van der Waals surface area contributed by atoms with Crippen molar-refractivity contribution < 1.29 is 4.76 Å². The van der Waals surface area contributed by atoms with Crippen LogP contribution >= 0.6 is 0 Å². The van der Waals surface area contributed by atoms with Crippen LogP contribution in [0.3, 0.4) is 0 Å². The van der Waals surface area contributed by atoms with Crippen molar-refractivity contribution in [1.29, 1.82) is 0 Å². The van der Waals surface area contributed by atoms with E-state index < -0.39 is 0 Å². The van der Waals surface area contributed by atoms with Gasteiger partial charge in [-0.2, -0.15) is 0 Å². The summed E-state index contributed by atoms with van der Waals surface area (Å²) in [5, 5.41) is 12.0. The van der Waals surface area contributed by atoms with E-state index in [0.29, 0.717) is 21.2 Å². The van der Waals surface area contributed by atoms with Gasteiger partial charge in [-0.05, 0) is 23.3 Å². The minimum Gasteiger partial charge on any atom is -0.754 e. The van der Waals surface area contributed by atoms with Gasteiger partial charge in [0.1, 0.15) is 6.20 Å². The molecule has 2 aliphatic rings. The topological polar surface area (TPSA) is 58.7 Å². The van der Waals surface area contributed by atoms with Crippen LogP contribution in [0.1, 0.15) is 0 Å². The molecule has 0 aromatic heterocycles. The number of nitrogens with zero attached hydrogens (tertiary/aromatic N) is 3. The van der Waals surface area contributed by atoms with E-state index in [0.717, 1.165) is 6.34 Å². The molecule has 0 saturated heterocycles. The molecule has 0 spiro atoms. The molecule has 2 rings (SSSR count). The van der Waals surface area contributed by atoms with Crippen molar-refractivity contribution in [3.8, 4) is 0 Å². The third-order valence-electron chi connectivity index (χ3n) is 1.78. The lowest BCUT2D eigenvalue weighted by Crippen LogP contribution is -2.11. The van der Waals surface area contributed by atoms with Crippen LogP contribution in [0.2, 0.25) is 0 Å². The Morgan fingerprint density at radius 1 is 1.36 bits per heavy atom. The fraction of sp³-hybridized carbons (Fsp3) is 0. The van der Waals surface area contributed by atoms with E-state index in [1.54, 1.807) is 18.2 Å². The van der Waals surface area contributed by atoms with Crippen LogP contribution in [0.4, 0.5) is 0 Å². The van der Waals surface area contributed by atoms with Crippen molar-refractivity contribution in [3.05, 3.63) is 58.2 Å². The number of hydrogen-bond acceptors (Lipinski definition) is 4. The Morgan fingerprint density at radius 3 is 2.86 bits per heavy atom. The van der Waals surface area contributed by atoms with Gasteiger partial charge in [0.15, 0.2) is 0 Å². The summed E-state index contributed by atoms with van der Waals surface area (Å²) in [6.07, 6.45) is 10.3. The van der Waals surface area contributed by atoms with Crippen LogP contribution in [0.15, 0.2) is 53.1 Å². The summed E-state index contributed by atoms with van der Waals surface area (Å²) in [5.74, 6) is 0. The highest BCUT2D eigenvalue weighted by Gasteiger charge is 2.13. The summed E-state index contributed by atoms with van der Waals surface area (Å²) in [6.45, 7) is 0. The van der Waals surface area contributed by atoms with Crippen molar-refractivity contribution in [2.75, 3.05) is 0 Å². The van der Waals surface area contributed by atoms with Crippen LogP contribution in [-0.2, 0) is 0 Å². The normalized spacial score (nSPS) is 24.9. The number of allylic oxidation sites excluding steroid dienone is 4. The van der Waals surface area contributed by atoms with Crippen LogP contribution in [0.5, 0.6) is 0 Å². The van der Waals surface area contributed by atoms with Gasteiger partial charge in [-0.1, -0.05) is 11.0 Å². The summed E-state index contributed by atoms with van der Waals surface area (Å²) in [7, 11) is 0. The van der Waals surface area contributed by atoms with Crippen molar-refractivity contribution >= 4 is 6.34 Å². The second-order valence-corrected chi connectivity index (χ2v) is 2.72. The first-order valence-electron chi connectivity index (χ1n) is 4.01. The molecule has 70 valence electrons. The Labute approximate surface area is 80.2 Å². The van der Waals surface area contributed by atoms with E-state index in [1.807, 2.05) is 0 Å². The molecule has 0 atom stereocenters. The lowest BCUT2D eigenvalue weighted by atomic mass is 10.2. The SMILES string of the molecule is O=[N+]1C=CC(=C2C=CC=CN2[O-])N=C1. The lowest BCUT2D eigenvalue weighted by molar-refractivity contribution is -0.339. The molecule has 5 heteroatoms. The number of hydroxylamine groups is 2. The highest BCUT2D eigenvalue weighted by Crippen LogP contribution is 2.18. The highest BCUT2D eigenvalue weighted by molar-refractivity contribution is 5.53. The summed E-state index contributed by atoms with van der Waals surface area (Å²) in [6, 6.07) is 0. The third-order valence-corrected chi connectivity index (χ3v) is 1.78. The summed E-state index contributed by atoms with van der Waals surface area (Å²) >= 11 is 0. The van der Waals surface area contributed by atoms with Crippen molar-refractivity contribution in [2.24, 2.45) is 4.99 Å². The molecular formula is C9H7N3O2. The van der Waals surface area contributed by atoms with Crippen LogP contribution in [0.25, 0.3) is 0 Å². The van der Waals surface area contributed by atoms with Crippen LogP contribution < -0.4 is 0 Å². The molecule has 0 bridgehead atoms. The molecule has 0 amide bonds. The molecule has 0 fully saturated rings. The molecule has 5 nitrogen and oxygen atoms in total. The zero-order valence-electron chi connectivity index (χ0n) is 7.20. The predicted octanol–water partition coefficient (Wildman–Crippen LogP) is 1.42. The first-order valence-corrected chi connectivity index (χ1v) is 4.01. The number of hydrogen-bond donors (Lipinski definition) is 0. The van der Waals surface area contributed by atoms with Gasteiger partial charge in [-0.25, -0.2) is 0 Å². The Morgan fingerprint density at radius 2 is 2.21 bits per heavy atom. The van der Waals surface area contributed by atoms with E-state index >= 15 is 0 Å². The standard InChI is InChI=1S/C9H7N3O2/c13-11-6-4-8(10-7-11)9-3-1-2-5-12(9)14/h1-7H. The van der Waals surface area contributed by atoms with E-state index in [9.17, 15) is 10.1 Å². The van der Waals surface area contributed by atoms with Gasteiger partial charge in [0, 0.05) is 10.8 Å². The molecule has 0 aromatic rings. The molecule has 0 aliphatic carbocycles. The molecule has 0 aromatic carbocycles. The second-order valence-electron chi connectivity index (χ2n) is 2.72. The zero-order chi connectivity index (χ0) is 9.97. The predicted molar refractivity (Wildman–Crippen MR) is 51.8 cm³/mol. The van der Waals surface area contributed by atoms with E-state index in [1.165, 1.54) is 18.5 Å². The average molecular weight is 189 g/mol. The van der Waals surface area contributed by atoms with Gasteiger partial charge in [-0.3, -0.25) is 0 Å². The maximum absolute atomic E-state index is 11.3. The Bertz CT molecular complexity index is 398. The number of aliphatic imine (C=N–C) groups is 1. The molecule has 0 unspecified atom stereocenters. The smallest absolute Gasteiger partial charge is 0.330 e. The van der Waals surface area contributed by atoms with Gasteiger partial charge < -0.3 is 10.3 Å². The number of rotatable bonds is 0. The molecule has 0 saturated carbocycles. The largest absolute Gasteiger partial charge is 0.754 e. The van der Waals surface area contributed by atoms with Crippen LogP contribution in [-0.4, -0.2) is 16.2 Å². The lowest BCUT2D eigenvalue weighted by Gasteiger charge is -2.28. The van der Waals surface area contributed by atoms with E-state index in [4.69, 9.17) is 0 Å². The maximum Gasteiger partial charge on any atom is 0.330 e. The molecule has 0 radical (unpaired) electrons. The summed E-state index contributed by atoms with van der Waals surface area (Å²) in [5.41, 5.74) is 0.904. The molecule has 14 heavy (non-hydrogen) atoms. The van der Waals surface area contributed by atoms with Crippen molar-refractivity contribution in [3.63, 3.8) is 0 Å². The fourth-order valence-electron chi connectivity index (χ4n) is 1.12. The summed E-state index contributed by atoms with van der Waals surface area (Å²) in [4.78, 5) is 14.5. The monoisotopic (exact) mass is 189 g/mol. The zero-order valence-corrected chi connectivity index (χ0v) is 7.20. The van der Waals surface area contributed by atoms with Gasteiger partial charge in [0.2, 0.25) is 5.70 Å². The Kier molecular flexibility index (Phi) is 2.08. The van der Waals surface area contributed by atoms with Gasteiger partial charge in [0.05, 0.1) is 5.70 Å². The number of nitroso groups, excluding NO2 is 1. The average Bonchev–Trinajstić information content (AvgIpc) is 2.20. The first kappa shape index (κ1) is 8.58. The summed E-state index contributed by atoms with van der Waals surface area (Å²) < 4.78 is 0.571. The van der Waals surface area contributed by atoms with Gasteiger partial charge >= 0.3 is 6.34 Å². The van der Waals surface area contributed by atoms with Crippen molar-refractivity contribution in [2.45, 2.75) is 0 Å².